The van der Waals surface area contributed by atoms with E-state index in [1.165, 1.54) is 22.4 Å². The van der Waals surface area contributed by atoms with Crippen LogP contribution in [0.4, 0.5) is 4.39 Å². The summed E-state index contributed by atoms with van der Waals surface area (Å²) in [6.45, 7) is 0. The Balaban J connectivity index is 1.95. The molecule has 1 N–H and O–H groups in total. The molecule has 4 rings (SSSR count). The molecule has 0 amide bonds. The van der Waals surface area contributed by atoms with Crippen molar-refractivity contribution in [2.75, 3.05) is 0 Å². The third-order valence-electron chi connectivity index (χ3n) is 3.85. The first kappa shape index (κ1) is 12.1. The first-order chi connectivity index (χ1) is 10.2. The first-order valence-corrected chi connectivity index (χ1v) is 6.84. The number of fused-ring (bicyclic) bond motifs is 3. The number of nitrogens with one attached hydrogen (secondary N) is 1. The van der Waals surface area contributed by atoms with E-state index >= 15 is 0 Å². The number of nitrogens with zero attached hydrogens (tertiary/aromatic N) is 2. The van der Waals surface area contributed by atoms with Gasteiger partial charge in [-0.15, -0.1) is 4.68 Å². The molecule has 0 unspecified atom stereocenters. The van der Waals surface area contributed by atoms with Crippen LogP contribution < -0.4 is 10.2 Å². The maximum absolute atomic E-state index is 13.4. The summed E-state index contributed by atoms with van der Waals surface area (Å²) in [4.78, 5) is 12.5. The van der Waals surface area contributed by atoms with Gasteiger partial charge in [-0.1, -0.05) is 34.2 Å². The molecule has 104 valence electrons. The molecule has 0 radical (unpaired) electrons. The van der Waals surface area contributed by atoms with E-state index in [0.29, 0.717) is 17.8 Å². The highest BCUT2D eigenvalue weighted by molar-refractivity contribution is 5.36. The van der Waals surface area contributed by atoms with Crippen LogP contribution in [0.3, 0.4) is 0 Å². The van der Waals surface area contributed by atoms with Gasteiger partial charge in [0.2, 0.25) is 5.69 Å². The zero-order valence-electron chi connectivity index (χ0n) is 11.2. The van der Waals surface area contributed by atoms with Crippen LogP contribution in [0, 0.1) is 5.82 Å². The highest BCUT2D eigenvalue weighted by Crippen LogP contribution is 2.16. The SMILES string of the molecule is O=c1c2[n+]([nH]n1-c1cccc(F)c1)-c1ccccc1CC2. The predicted octanol–water partition coefficient (Wildman–Crippen LogP) is 1.68. The number of para-hydroxylation sites is 1. The molecular weight excluding hydrogens is 269 g/mol. The lowest BCUT2D eigenvalue weighted by atomic mass is 10.0. The second kappa shape index (κ2) is 4.41. The fraction of sp³-hybridized carbons (Fsp3) is 0.125. The van der Waals surface area contributed by atoms with Crippen LogP contribution >= 0.6 is 0 Å². The minimum Gasteiger partial charge on any atom is -0.234 e. The van der Waals surface area contributed by atoms with E-state index in [1.807, 2.05) is 18.2 Å². The molecule has 0 fully saturated rings. The van der Waals surface area contributed by atoms with Crippen LogP contribution in [0.25, 0.3) is 11.4 Å². The molecule has 2 heterocycles. The van der Waals surface area contributed by atoms with Crippen LogP contribution in [-0.4, -0.2) is 9.90 Å². The van der Waals surface area contributed by atoms with Gasteiger partial charge in [0.1, 0.15) is 5.82 Å². The summed E-state index contributed by atoms with van der Waals surface area (Å²) in [6, 6.07) is 14.0. The van der Waals surface area contributed by atoms with Crippen molar-refractivity contribution in [2.45, 2.75) is 12.8 Å². The van der Waals surface area contributed by atoms with Gasteiger partial charge in [0.15, 0.2) is 11.4 Å². The van der Waals surface area contributed by atoms with Crippen molar-refractivity contribution in [2.24, 2.45) is 0 Å². The first-order valence-electron chi connectivity index (χ1n) is 6.84. The van der Waals surface area contributed by atoms with Crippen LogP contribution in [-0.2, 0) is 12.8 Å². The van der Waals surface area contributed by atoms with Crippen molar-refractivity contribution in [1.29, 1.82) is 0 Å². The third-order valence-corrected chi connectivity index (χ3v) is 3.85. The standard InChI is InChI=1S/C16H12FN3O/c17-12-5-3-6-13(10-12)19-16(21)15-9-8-11-4-1-2-7-14(11)20(15)18-19/h1-7,10H,8-9H2/p+1. The zero-order chi connectivity index (χ0) is 14.4. The number of aromatic amines is 1. The fourth-order valence-electron chi connectivity index (χ4n) is 2.83. The van der Waals surface area contributed by atoms with E-state index in [4.69, 9.17) is 0 Å². The number of H-pyrrole nitrogens is 1. The minimum absolute atomic E-state index is 0.130. The Kier molecular flexibility index (Phi) is 2.54. The third kappa shape index (κ3) is 1.81. The molecule has 1 aromatic heterocycles. The van der Waals surface area contributed by atoms with Gasteiger partial charge in [-0.05, 0) is 24.6 Å². The maximum atomic E-state index is 13.4. The zero-order valence-corrected chi connectivity index (χ0v) is 11.2. The lowest BCUT2D eigenvalue weighted by Gasteiger charge is -2.10. The average molecular weight is 282 g/mol. The molecule has 0 spiro atoms. The topological polar surface area (TPSA) is 41.7 Å². The molecule has 0 saturated heterocycles. The van der Waals surface area contributed by atoms with E-state index in [0.717, 1.165) is 12.1 Å². The summed E-state index contributed by atoms with van der Waals surface area (Å²) in [5.41, 5.74) is 3.24. The van der Waals surface area contributed by atoms with Gasteiger partial charge in [0.25, 0.3) is 0 Å². The van der Waals surface area contributed by atoms with Crippen molar-refractivity contribution in [1.82, 2.24) is 9.90 Å². The normalized spacial score (nSPS) is 12.8. The van der Waals surface area contributed by atoms with Gasteiger partial charge in [-0.25, -0.2) is 9.18 Å². The fourth-order valence-corrected chi connectivity index (χ4v) is 2.83. The highest BCUT2D eigenvalue weighted by Gasteiger charge is 2.29. The molecule has 5 heteroatoms. The van der Waals surface area contributed by atoms with E-state index in [1.54, 1.807) is 16.8 Å². The maximum Gasteiger partial charge on any atom is 0.402 e. The monoisotopic (exact) mass is 282 g/mol. The minimum atomic E-state index is -0.364. The lowest BCUT2D eigenvalue weighted by molar-refractivity contribution is -0.671. The van der Waals surface area contributed by atoms with Crippen molar-refractivity contribution in [3.63, 3.8) is 0 Å². The van der Waals surface area contributed by atoms with Gasteiger partial charge >= 0.3 is 5.56 Å². The summed E-state index contributed by atoms with van der Waals surface area (Å²) in [7, 11) is 0. The van der Waals surface area contributed by atoms with Crippen LogP contribution in [0.15, 0.2) is 53.3 Å². The Morgan fingerprint density at radius 2 is 1.95 bits per heavy atom. The Morgan fingerprint density at radius 1 is 1.10 bits per heavy atom. The van der Waals surface area contributed by atoms with Gasteiger partial charge in [0.05, 0.1) is 0 Å². The largest absolute Gasteiger partial charge is 0.402 e. The van der Waals surface area contributed by atoms with E-state index in [2.05, 4.69) is 11.3 Å². The Bertz CT molecular complexity index is 895. The molecule has 0 saturated carbocycles. The molecule has 4 nitrogen and oxygen atoms in total. The number of aryl methyl sites for hydroxylation is 1. The van der Waals surface area contributed by atoms with Crippen molar-refractivity contribution >= 4 is 0 Å². The van der Waals surface area contributed by atoms with E-state index < -0.39 is 0 Å². The van der Waals surface area contributed by atoms with Crippen molar-refractivity contribution in [3.05, 3.63) is 76.0 Å². The van der Waals surface area contributed by atoms with Gasteiger partial charge in [-0.3, -0.25) is 0 Å². The Hall–Kier alpha value is -2.69. The Labute approximate surface area is 120 Å². The molecule has 1 aliphatic rings. The lowest BCUT2D eigenvalue weighted by Crippen LogP contribution is -2.42. The molecule has 0 aliphatic carbocycles. The van der Waals surface area contributed by atoms with Crippen LogP contribution in [0.1, 0.15) is 11.3 Å². The van der Waals surface area contributed by atoms with Crippen molar-refractivity contribution in [3.8, 4) is 11.4 Å². The smallest absolute Gasteiger partial charge is 0.234 e. The number of aromatic nitrogens is 3. The summed E-state index contributed by atoms with van der Waals surface area (Å²) in [6.07, 6.45) is 1.51. The van der Waals surface area contributed by atoms with E-state index in [9.17, 15) is 9.18 Å². The second-order valence-electron chi connectivity index (χ2n) is 5.13. The number of hydrogen-bond donors (Lipinski definition) is 1. The number of rotatable bonds is 1. The summed E-state index contributed by atoms with van der Waals surface area (Å²) in [5.74, 6) is -0.364. The van der Waals surface area contributed by atoms with Crippen LogP contribution in [0.2, 0.25) is 0 Å². The molecule has 0 atom stereocenters. The summed E-state index contributed by atoms with van der Waals surface area (Å²) in [5, 5.41) is 3.06. The van der Waals surface area contributed by atoms with Gasteiger partial charge in [0, 0.05) is 18.1 Å². The number of benzene rings is 2. The Morgan fingerprint density at radius 3 is 2.81 bits per heavy atom. The number of halogens is 1. The molecule has 0 bridgehead atoms. The molecule has 1 aliphatic heterocycles. The summed E-state index contributed by atoms with van der Waals surface area (Å²) >= 11 is 0. The van der Waals surface area contributed by atoms with Crippen molar-refractivity contribution < 1.29 is 9.07 Å². The second-order valence-corrected chi connectivity index (χ2v) is 5.13. The molecule has 2 aromatic carbocycles. The summed E-state index contributed by atoms with van der Waals surface area (Å²) < 4.78 is 16.6. The predicted molar refractivity (Wildman–Crippen MR) is 75.3 cm³/mol. The van der Waals surface area contributed by atoms with E-state index in [-0.39, 0.29) is 11.4 Å². The number of hydrogen-bond acceptors (Lipinski definition) is 1. The highest BCUT2D eigenvalue weighted by atomic mass is 19.1. The van der Waals surface area contributed by atoms with Gasteiger partial charge < -0.3 is 0 Å². The molecule has 21 heavy (non-hydrogen) atoms. The average Bonchev–Trinajstić information content (AvgIpc) is 2.85. The molecular formula is C16H13FN3O+. The van der Waals surface area contributed by atoms with Gasteiger partial charge in [-0.2, -0.15) is 0 Å². The quantitative estimate of drug-likeness (QED) is 0.678. The molecule has 3 aromatic rings. The van der Waals surface area contributed by atoms with Crippen LogP contribution in [0.5, 0.6) is 0 Å².